The zero-order valence-electron chi connectivity index (χ0n) is 11.3. The maximum absolute atomic E-state index is 3.78. The van der Waals surface area contributed by atoms with Gasteiger partial charge >= 0.3 is 65.3 Å². The van der Waals surface area contributed by atoms with Crippen LogP contribution in [0.4, 0.5) is 0 Å². The third-order valence-electron chi connectivity index (χ3n) is 1.43. The van der Waals surface area contributed by atoms with E-state index in [9.17, 15) is 0 Å². The number of hydrogen-bond acceptors (Lipinski definition) is 1. The van der Waals surface area contributed by atoms with E-state index >= 15 is 0 Å². The fraction of sp³-hybridized carbons (Fsp3) is 0.615. The molecule has 1 aromatic heterocycles. The molecule has 0 aliphatic heterocycles. The van der Waals surface area contributed by atoms with E-state index in [1.54, 1.807) is 12.4 Å². The molecule has 1 heterocycles. The average Bonchev–Trinajstić information content (AvgIpc) is 2.01. The molecule has 0 N–H and O–H groups in total. The predicted octanol–water partition coefficient (Wildman–Crippen LogP) is 1.21. The van der Waals surface area contributed by atoms with Crippen molar-refractivity contribution in [2.75, 3.05) is 0 Å². The quantitative estimate of drug-likeness (QED) is 0.635. The first-order valence-corrected chi connectivity index (χ1v) is 6.58. The van der Waals surface area contributed by atoms with E-state index in [-0.39, 0.29) is 12.4 Å². The second kappa shape index (κ2) is 8.12. The number of hydrogen-bond donors (Lipinski definition) is 0. The Kier molecular flexibility index (Phi) is 9.31. The Hall–Kier alpha value is -0.0275. The summed E-state index contributed by atoms with van der Waals surface area (Å²) >= 11 is 0.569. The van der Waals surface area contributed by atoms with Gasteiger partial charge in [0.15, 0.2) is 0 Å². The summed E-state index contributed by atoms with van der Waals surface area (Å²) in [7, 11) is 0. The van der Waals surface area contributed by atoms with E-state index in [4.69, 9.17) is 0 Å². The molecule has 0 unspecified atom stereocenters. The van der Waals surface area contributed by atoms with Gasteiger partial charge in [-0.15, -0.1) is 0 Å². The Balaban J connectivity index is 0. The van der Waals surface area contributed by atoms with E-state index in [0.29, 0.717) is 23.8 Å². The molecule has 0 bridgehead atoms. The summed E-state index contributed by atoms with van der Waals surface area (Å²) in [6.45, 7) is 14.0. The molecule has 0 fully saturated rings. The molecule has 0 atom stereocenters. The van der Waals surface area contributed by atoms with E-state index in [0.717, 1.165) is 0 Å². The normalized spacial score (nSPS) is 10.4. The van der Waals surface area contributed by atoms with Crippen LogP contribution in [0, 0.1) is 0 Å². The molecule has 0 amide bonds. The van der Waals surface area contributed by atoms with E-state index < -0.39 is 0 Å². The minimum Gasteiger partial charge on any atom is -1.00 e. The second-order valence-electron chi connectivity index (χ2n) is 5.90. The Morgan fingerprint density at radius 3 is 1.19 bits per heavy atom. The molecular weight excluding hydrogens is 233 g/mol. The maximum atomic E-state index is 3.78. The van der Waals surface area contributed by atoms with Crippen LogP contribution in [0.1, 0.15) is 41.5 Å². The smallest absolute Gasteiger partial charge is 0.0267 e. The van der Waals surface area contributed by atoms with Crippen LogP contribution in [0.25, 0.3) is 0 Å². The first kappa shape index (κ1) is 18.3. The van der Waals surface area contributed by atoms with Crippen LogP contribution in [0.2, 0.25) is 8.55 Å². The predicted molar refractivity (Wildman–Crippen MR) is 69.4 cm³/mol. The van der Waals surface area contributed by atoms with Gasteiger partial charge in [0.25, 0.3) is 0 Å². The third kappa shape index (κ3) is 16.4. The Morgan fingerprint density at radius 2 is 1.12 bits per heavy atom. The van der Waals surface area contributed by atoms with Crippen LogP contribution in [0.15, 0.2) is 30.6 Å². The van der Waals surface area contributed by atoms with Gasteiger partial charge in [-0.2, -0.15) is 0 Å². The summed E-state index contributed by atoms with van der Waals surface area (Å²) in [4.78, 5) is 3.78. The summed E-state index contributed by atoms with van der Waals surface area (Å²) < 4.78 is 1.14. The fourth-order valence-corrected chi connectivity index (χ4v) is 4.21. The van der Waals surface area contributed by atoms with Crippen molar-refractivity contribution in [1.29, 1.82) is 0 Å². The summed E-state index contributed by atoms with van der Waals surface area (Å²) in [5, 5.41) is 0. The van der Waals surface area contributed by atoms with Crippen molar-refractivity contribution < 1.29 is 12.4 Å². The fourth-order valence-electron chi connectivity index (χ4n) is 1.61. The second-order valence-corrected chi connectivity index (χ2v) is 9.65. The molecule has 0 spiro atoms. The SMILES string of the molecule is C[C](C)(C)[Al+][C](C)(C)C.[Cl-].c1ccncc1. The van der Waals surface area contributed by atoms with Gasteiger partial charge in [0, 0.05) is 12.4 Å². The molecule has 0 radical (unpaired) electrons. The summed E-state index contributed by atoms with van der Waals surface area (Å²) in [5.41, 5.74) is 0. The van der Waals surface area contributed by atoms with Gasteiger partial charge < -0.3 is 12.4 Å². The Bertz CT molecular complexity index is 210. The van der Waals surface area contributed by atoms with E-state index in [1.165, 1.54) is 0 Å². The van der Waals surface area contributed by atoms with Crippen LogP contribution >= 0.6 is 0 Å². The van der Waals surface area contributed by atoms with Crippen LogP contribution in [-0.4, -0.2) is 20.2 Å². The molecule has 0 saturated carbocycles. The monoisotopic (exact) mass is 255 g/mol. The van der Waals surface area contributed by atoms with Crippen LogP contribution < -0.4 is 12.4 Å². The summed E-state index contributed by atoms with van der Waals surface area (Å²) in [5.74, 6) is 0. The number of pyridine rings is 1. The average molecular weight is 256 g/mol. The zero-order chi connectivity index (χ0) is 11.9. The van der Waals surface area contributed by atoms with Crippen molar-refractivity contribution in [3.63, 3.8) is 0 Å². The van der Waals surface area contributed by atoms with E-state index in [2.05, 4.69) is 46.5 Å². The van der Waals surface area contributed by atoms with Crippen molar-refractivity contribution >= 4 is 15.2 Å². The molecule has 0 aromatic carbocycles. The Morgan fingerprint density at radius 1 is 0.750 bits per heavy atom. The van der Waals surface area contributed by atoms with Gasteiger partial charge in [0.05, 0.1) is 0 Å². The van der Waals surface area contributed by atoms with Crippen LogP contribution in [-0.2, 0) is 0 Å². The van der Waals surface area contributed by atoms with Crippen molar-refractivity contribution in [3.8, 4) is 0 Å². The summed E-state index contributed by atoms with van der Waals surface area (Å²) in [6.07, 6.45) is 3.50. The number of rotatable bonds is 0. The molecule has 3 heteroatoms. The Labute approximate surface area is 113 Å². The maximum Gasteiger partial charge on any atom is 0.0267 e. The van der Waals surface area contributed by atoms with Gasteiger partial charge in [-0.25, -0.2) is 0 Å². The molecule has 16 heavy (non-hydrogen) atoms. The van der Waals surface area contributed by atoms with Gasteiger partial charge in [-0.3, -0.25) is 4.98 Å². The standard InChI is InChI=1S/C5H5N.2C4H9.Al.ClH/c1-2-4-6-5-3-1;2*1-4(2)3;;/h1-5H;2*1-3H3;;1H/q;;;+1;/p-1. The van der Waals surface area contributed by atoms with Crippen LogP contribution in [0.5, 0.6) is 0 Å². The minimum absolute atomic E-state index is 0. The third-order valence-corrected chi connectivity index (χ3v) is 3.16. The van der Waals surface area contributed by atoms with Gasteiger partial charge in [0.1, 0.15) is 0 Å². The topological polar surface area (TPSA) is 12.9 Å². The molecule has 1 nitrogen and oxygen atoms in total. The van der Waals surface area contributed by atoms with Crippen molar-refractivity contribution in [2.24, 2.45) is 0 Å². The number of halogens is 1. The van der Waals surface area contributed by atoms with Gasteiger partial charge in [0.2, 0.25) is 0 Å². The molecule has 0 aliphatic carbocycles. The van der Waals surface area contributed by atoms with Crippen molar-refractivity contribution in [2.45, 2.75) is 50.1 Å². The molecule has 0 saturated heterocycles. The minimum atomic E-state index is 0. The molecule has 1 aromatic rings. The number of nitrogens with zero attached hydrogens (tertiary/aromatic N) is 1. The zero-order valence-corrected chi connectivity index (χ0v) is 13.2. The number of aromatic nitrogens is 1. The van der Waals surface area contributed by atoms with Crippen LogP contribution in [0.3, 0.4) is 0 Å². The first-order chi connectivity index (χ1) is 6.71. The summed E-state index contributed by atoms with van der Waals surface area (Å²) in [6, 6.07) is 5.72. The molecule has 90 valence electrons. The van der Waals surface area contributed by atoms with E-state index in [1.807, 2.05) is 18.2 Å². The van der Waals surface area contributed by atoms with Crippen molar-refractivity contribution in [3.05, 3.63) is 30.6 Å². The van der Waals surface area contributed by atoms with Crippen molar-refractivity contribution in [1.82, 2.24) is 4.98 Å². The molecule has 1 rings (SSSR count). The molecular formula is C13H23AlClN. The molecule has 0 aliphatic rings. The van der Waals surface area contributed by atoms with Gasteiger partial charge in [-0.1, -0.05) is 6.07 Å². The first-order valence-electron chi connectivity index (χ1n) is 5.43. The van der Waals surface area contributed by atoms with Gasteiger partial charge in [-0.05, 0) is 12.1 Å². The largest absolute Gasteiger partial charge is 1.00 e.